The largest absolute Gasteiger partial charge is 0.493 e. The van der Waals surface area contributed by atoms with E-state index in [1.807, 2.05) is 42.5 Å². The molecule has 1 amide bonds. The van der Waals surface area contributed by atoms with Gasteiger partial charge in [0.2, 0.25) is 11.9 Å². The molecule has 0 spiro atoms. The van der Waals surface area contributed by atoms with Gasteiger partial charge in [0.1, 0.15) is 0 Å². The van der Waals surface area contributed by atoms with Crippen molar-refractivity contribution in [1.29, 1.82) is 0 Å². The smallest absolute Gasteiger partial charge is 0.233 e. The van der Waals surface area contributed by atoms with E-state index in [1.165, 1.54) is 0 Å². The van der Waals surface area contributed by atoms with E-state index in [-0.39, 0.29) is 5.91 Å². The van der Waals surface area contributed by atoms with Crippen molar-refractivity contribution < 1.29 is 14.3 Å². The van der Waals surface area contributed by atoms with Gasteiger partial charge in [-0.15, -0.1) is 0 Å². The third-order valence-corrected chi connectivity index (χ3v) is 4.53. The van der Waals surface area contributed by atoms with Crippen LogP contribution in [0.2, 0.25) is 0 Å². The highest BCUT2D eigenvalue weighted by atomic mass is 16.5. The van der Waals surface area contributed by atoms with Crippen LogP contribution in [0.25, 0.3) is 11.0 Å². The summed E-state index contributed by atoms with van der Waals surface area (Å²) in [7, 11) is 3.18. The quantitative estimate of drug-likeness (QED) is 0.734. The first kappa shape index (κ1) is 15.5. The van der Waals surface area contributed by atoms with Crippen LogP contribution in [0.1, 0.15) is 5.56 Å². The van der Waals surface area contributed by atoms with Gasteiger partial charge >= 0.3 is 0 Å². The molecule has 25 heavy (non-hydrogen) atoms. The fourth-order valence-electron chi connectivity index (χ4n) is 3.29. The van der Waals surface area contributed by atoms with E-state index in [9.17, 15) is 4.79 Å². The van der Waals surface area contributed by atoms with E-state index < -0.39 is 0 Å². The van der Waals surface area contributed by atoms with Crippen LogP contribution in [0.15, 0.2) is 42.5 Å². The van der Waals surface area contributed by atoms with Crippen LogP contribution in [0.3, 0.4) is 0 Å². The summed E-state index contributed by atoms with van der Waals surface area (Å²) in [5.74, 6) is 2.04. The molecule has 0 saturated heterocycles. The Hall–Kier alpha value is -3.02. The van der Waals surface area contributed by atoms with Crippen LogP contribution >= 0.6 is 0 Å². The second-order valence-corrected chi connectivity index (χ2v) is 5.96. The normalized spacial score (nSPS) is 13.1. The summed E-state index contributed by atoms with van der Waals surface area (Å²) in [6.45, 7) is 1.42. The van der Waals surface area contributed by atoms with Crippen molar-refractivity contribution in [2.75, 3.05) is 25.7 Å². The predicted molar refractivity (Wildman–Crippen MR) is 95.3 cm³/mol. The number of carbonyl (C=O) groups is 1. The number of para-hydroxylation sites is 2. The molecule has 0 saturated carbocycles. The number of rotatable bonds is 4. The molecule has 4 rings (SSSR count). The van der Waals surface area contributed by atoms with Crippen LogP contribution in [0, 0.1) is 0 Å². The van der Waals surface area contributed by atoms with E-state index >= 15 is 0 Å². The Kier molecular flexibility index (Phi) is 3.80. The third-order valence-electron chi connectivity index (χ3n) is 4.53. The van der Waals surface area contributed by atoms with Crippen LogP contribution < -0.4 is 14.4 Å². The van der Waals surface area contributed by atoms with Gasteiger partial charge < -0.3 is 14.0 Å². The Balaban J connectivity index is 1.59. The summed E-state index contributed by atoms with van der Waals surface area (Å²) in [5, 5.41) is 0. The number of ether oxygens (including phenoxy) is 2. The Labute approximate surface area is 145 Å². The van der Waals surface area contributed by atoms with E-state index in [0.29, 0.717) is 24.5 Å². The molecule has 3 aromatic rings. The molecule has 1 aromatic heterocycles. The number of methoxy groups -OCH3 is 2. The fourth-order valence-corrected chi connectivity index (χ4v) is 3.29. The number of carbonyl (C=O) groups excluding carboxylic acids is 1. The molecule has 0 aliphatic carbocycles. The Morgan fingerprint density at radius 2 is 1.88 bits per heavy atom. The molecule has 0 unspecified atom stereocenters. The lowest BCUT2D eigenvalue weighted by molar-refractivity contribution is -0.117. The van der Waals surface area contributed by atoms with E-state index in [0.717, 1.165) is 29.1 Å². The third kappa shape index (κ3) is 2.59. The number of aromatic nitrogens is 2. The fraction of sp³-hybridized carbons (Fsp3) is 0.263. The lowest BCUT2D eigenvalue weighted by Crippen LogP contribution is -2.30. The van der Waals surface area contributed by atoms with Crippen LogP contribution in [0.5, 0.6) is 11.5 Å². The highest BCUT2D eigenvalue weighted by molar-refractivity contribution is 5.96. The van der Waals surface area contributed by atoms with E-state index in [2.05, 4.69) is 9.55 Å². The minimum Gasteiger partial charge on any atom is -0.493 e. The van der Waals surface area contributed by atoms with E-state index in [1.54, 1.807) is 19.1 Å². The summed E-state index contributed by atoms with van der Waals surface area (Å²) < 4.78 is 12.7. The molecule has 1 aliphatic rings. The zero-order valence-electron chi connectivity index (χ0n) is 14.2. The minimum absolute atomic E-state index is 0.0290. The van der Waals surface area contributed by atoms with Crippen molar-refractivity contribution in [2.24, 2.45) is 0 Å². The molecule has 0 radical (unpaired) electrons. The second-order valence-electron chi connectivity index (χ2n) is 5.96. The van der Waals surface area contributed by atoms with Crippen molar-refractivity contribution in [2.45, 2.75) is 13.0 Å². The summed E-state index contributed by atoms with van der Waals surface area (Å²) >= 11 is 0. The number of benzene rings is 2. The summed E-state index contributed by atoms with van der Waals surface area (Å²) in [6.07, 6.45) is 0.295. The van der Waals surface area contributed by atoms with Crippen molar-refractivity contribution in [3.63, 3.8) is 0 Å². The summed E-state index contributed by atoms with van der Waals surface area (Å²) in [6, 6.07) is 13.5. The number of anilines is 1. The molecule has 1 aliphatic heterocycles. The zero-order chi connectivity index (χ0) is 17.4. The van der Waals surface area contributed by atoms with Gasteiger partial charge in [-0.05, 0) is 29.8 Å². The number of hydrogen-bond donors (Lipinski definition) is 0. The highest BCUT2D eigenvalue weighted by Gasteiger charge is 2.28. The predicted octanol–water partition coefficient (Wildman–Crippen LogP) is 2.64. The van der Waals surface area contributed by atoms with Crippen LogP contribution in [0.4, 0.5) is 5.95 Å². The molecule has 2 aromatic carbocycles. The highest BCUT2D eigenvalue weighted by Crippen LogP contribution is 2.30. The van der Waals surface area contributed by atoms with Gasteiger partial charge in [-0.25, -0.2) is 4.98 Å². The van der Waals surface area contributed by atoms with Crippen LogP contribution in [-0.4, -0.2) is 36.2 Å². The van der Waals surface area contributed by atoms with Gasteiger partial charge in [-0.3, -0.25) is 9.69 Å². The van der Waals surface area contributed by atoms with Gasteiger partial charge in [0.05, 0.1) is 31.7 Å². The summed E-state index contributed by atoms with van der Waals surface area (Å²) in [4.78, 5) is 19.2. The lowest BCUT2D eigenvalue weighted by Gasteiger charge is -2.15. The van der Waals surface area contributed by atoms with Crippen molar-refractivity contribution in [3.05, 3.63) is 48.0 Å². The van der Waals surface area contributed by atoms with Gasteiger partial charge in [0.15, 0.2) is 11.5 Å². The van der Waals surface area contributed by atoms with Crippen LogP contribution in [-0.2, 0) is 17.8 Å². The standard InChI is InChI=1S/C19H19N3O3/c1-24-16-8-7-13(11-17(16)25-2)12-18(23)22-10-9-21-15-6-4-3-5-14(15)20-19(21)22/h3-8,11H,9-10,12H2,1-2H3. The topological polar surface area (TPSA) is 56.6 Å². The molecule has 6 heteroatoms. The molecule has 128 valence electrons. The van der Waals surface area contributed by atoms with E-state index in [4.69, 9.17) is 9.47 Å². The Bertz CT molecular complexity index is 948. The monoisotopic (exact) mass is 337 g/mol. The molecular weight excluding hydrogens is 318 g/mol. The second kappa shape index (κ2) is 6.12. The molecule has 6 nitrogen and oxygen atoms in total. The molecular formula is C19H19N3O3. The van der Waals surface area contributed by atoms with Gasteiger partial charge in [-0.2, -0.15) is 0 Å². The summed E-state index contributed by atoms with van der Waals surface area (Å²) in [5.41, 5.74) is 2.87. The number of amides is 1. The number of fused-ring (bicyclic) bond motifs is 3. The lowest BCUT2D eigenvalue weighted by atomic mass is 10.1. The first-order chi connectivity index (χ1) is 12.2. The molecule has 2 heterocycles. The molecule has 0 atom stereocenters. The van der Waals surface area contributed by atoms with Gasteiger partial charge in [0, 0.05) is 13.1 Å². The maximum Gasteiger partial charge on any atom is 0.233 e. The first-order valence-corrected chi connectivity index (χ1v) is 8.18. The zero-order valence-corrected chi connectivity index (χ0v) is 14.2. The molecule has 0 fully saturated rings. The van der Waals surface area contributed by atoms with Gasteiger partial charge in [0.25, 0.3) is 0 Å². The number of hydrogen-bond acceptors (Lipinski definition) is 4. The Morgan fingerprint density at radius 1 is 1.08 bits per heavy atom. The maximum atomic E-state index is 12.8. The van der Waals surface area contributed by atoms with Crippen molar-refractivity contribution in [3.8, 4) is 11.5 Å². The van der Waals surface area contributed by atoms with Crippen molar-refractivity contribution in [1.82, 2.24) is 9.55 Å². The average molecular weight is 337 g/mol. The Morgan fingerprint density at radius 3 is 2.68 bits per heavy atom. The number of imidazole rings is 1. The molecule has 0 bridgehead atoms. The average Bonchev–Trinajstić information content (AvgIpc) is 3.20. The van der Waals surface area contributed by atoms with Crippen molar-refractivity contribution >= 4 is 22.9 Å². The first-order valence-electron chi connectivity index (χ1n) is 8.18. The molecule has 0 N–H and O–H groups in total. The maximum absolute atomic E-state index is 12.8. The SMILES string of the molecule is COc1ccc(CC(=O)N2CCn3c2nc2ccccc23)cc1OC. The minimum atomic E-state index is 0.0290. The van der Waals surface area contributed by atoms with Gasteiger partial charge in [-0.1, -0.05) is 18.2 Å². The number of nitrogens with zero attached hydrogens (tertiary/aromatic N) is 3.